The molecule has 1 aromatic rings. The highest BCUT2D eigenvalue weighted by Crippen LogP contribution is 2.00. The van der Waals surface area contributed by atoms with Crippen LogP contribution in [0.5, 0.6) is 0 Å². The highest BCUT2D eigenvalue weighted by atomic mass is 16.6. The Bertz CT molecular complexity index is 335. The van der Waals surface area contributed by atoms with Gasteiger partial charge in [0.25, 0.3) is 0 Å². The number of ether oxygens (including phenoxy) is 1. The number of oxime groups is 1. The summed E-state index contributed by atoms with van der Waals surface area (Å²) in [6.45, 7) is 2.55. The zero-order valence-corrected chi connectivity index (χ0v) is 9.26. The van der Waals surface area contributed by atoms with Crippen LogP contribution in [0, 0.1) is 0 Å². The van der Waals surface area contributed by atoms with Gasteiger partial charge in [0.2, 0.25) is 0 Å². The number of rotatable bonds is 6. The molecule has 0 fully saturated rings. The van der Waals surface area contributed by atoms with Crippen molar-refractivity contribution < 1.29 is 14.4 Å². The van der Waals surface area contributed by atoms with E-state index in [-0.39, 0.29) is 12.4 Å². The predicted molar refractivity (Wildman–Crippen MR) is 61.0 cm³/mol. The molecule has 0 atom stereocenters. The van der Waals surface area contributed by atoms with Crippen LogP contribution in [-0.2, 0) is 21.0 Å². The van der Waals surface area contributed by atoms with Gasteiger partial charge >= 0.3 is 5.97 Å². The van der Waals surface area contributed by atoms with Crippen molar-refractivity contribution in [1.82, 2.24) is 0 Å². The molecule has 0 heterocycles. The first-order valence-corrected chi connectivity index (χ1v) is 5.16. The molecular weight excluding hydrogens is 206 g/mol. The van der Waals surface area contributed by atoms with Crippen molar-refractivity contribution in [2.75, 3.05) is 6.61 Å². The quantitative estimate of drug-likeness (QED) is 0.420. The number of esters is 1. The smallest absolute Gasteiger partial charge is 0.311 e. The van der Waals surface area contributed by atoms with Crippen molar-refractivity contribution in [1.29, 1.82) is 0 Å². The Morgan fingerprint density at radius 1 is 1.38 bits per heavy atom. The Kier molecular flexibility index (Phi) is 5.70. The Morgan fingerprint density at radius 3 is 2.81 bits per heavy atom. The van der Waals surface area contributed by atoms with E-state index in [1.807, 2.05) is 30.3 Å². The molecule has 1 rings (SSSR count). The van der Waals surface area contributed by atoms with E-state index in [9.17, 15) is 4.79 Å². The Morgan fingerprint density at radius 2 is 2.12 bits per heavy atom. The fraction of sp³-hybridized carbons (Fsp3) is 0.333. The van der Waals surface area contributed by atoms with Gasteiger partial charge in [-0.3, -0.25) is 4.79 Å². The molecule has 86 valence electrons. The van der Waals surface area contributed by atoms with Gasteiger partial charge in [0.15, 0.2) is 0 Å². The molecule has 0 saturated carbocycles. The molecule has 0 aromatic heterocycles. The molecular formula is C12H15NO3. The normalized spacial score (nSPS) is 10.3. The second kappa shape index (κ2) is 7.45. The first-order valence-electron chi connectivity index (χ1n) is 5.16. The van der Waals surface area contributed by atoms with E-state index in [4.69, 9.17) is 9.57 Å². The lowest BCUT2D eigenvalue weighted by Gasteiger charge is -1.99. The average molecular weight is 221 g/mol. The van der Waals surface area contributed by atoms with Crippen molar-refractivity contribution >= 4 is 12.2 Å². The van der Waals surface area contributed by atoms with E-state index in [1.165, 1.54) is 6.21 Å². The fourth-order valence-electron chi connectivity index (χ4n) is 1.07. The molecule has 0 N–H and O–H groups in total. The highest BCUT2D eigenvalue weighted by molar-refractivity contribution is 5.85. The second-order valence-electron chi connectivity index (χ2n) is 3.06. The molecule has 0 radical (unpaired) electrons. The standard InChI is InChI=1S/C12H15NO3/c1-2-15-12(14)8-9-13-16-10-11-6-4-3-5-7-11/h3-7,9H,2,8,10H2,1H3/b13-9+. The average Bonchev–Trinajstić information content (AvgIpc) is 2.30. The fourth-order valence-corrected chi connectivity index (χ4v) is 1.07. The molecule has 0 aliphatic heterocycles. The van der Waals surface area contributed by atoms with Crippen LogP contribution in [0.3, 0.4) is 0 Å². The van der Waals surface area contributed by atoms with Crippen LogP contribution in [0.4, 0.5) is 0 Å². The third-order valence-electron chi connectivity index (χ3n) is 1.79. The van der Waals surface area contributed by atoms with Crippen molar-refractivity contribution in [3.8, 4) is 0 Å². The summed E-state index contributed by atoms with van der Waals surface area (Å²) in [5.41, 5.74) is 1.04. The number of carbonyl (C=O) groups is 1. The molecule has 0 saturated heterocycles. The van der Waals surface area contributed by atoms with Crippen molar-refractivity contribution in [2.45, 2.75) is 20.0 Å². The minimum absolute atomic E-state index is 0.141. The summed E-state index contributed by atoms with van der Waals surface area (Å²) in [7, 11) is 0. The zero-order chi connectivity index (χ0) is 11.6. The number of hydrogen-bond donors (Lipinski definition) is 0. The molecule has 16 heavy (non-hydrogen) atoms. The van der Waals surface area contributed by atoms with Gasteiger partial charge < -0.3 is 9.57 Å². The number of nitrogens with zero attached hydrogens (tertiary/aromatic N) is 1. The van der Waals surface area contributed by atoms with Gasteiger partial charge in [0.05, 0.1) is 19.2 Å². The maximum atomic E-state index is 10.9. The minimum Gasteiger partial charge on any atom is -0.466 e. The third-order valence-corrected chi connectivity index (χ3v) is 1.79. The molecule has 1 aromatic carbocycles. The van der Waals surface area contributed by atoms with Gasteiger partial charge in [0, 0.05) is 0 Å². The minimum atomic E-state index is -0.297. The summed E-state index contributed by atoms with van der Waals surface area (Å²) in [4.78, 5) is 15.9. The van der Waals surface area contributed by atoms with Crippen molar-refractivity contribution in [3.05, 3.63) is 35.9 Å². The van der Waals surface area contributed by atoms with Crippen LogP contribution >= 0.6 is 0 Å². The SMILES string of the molecule is CCOC(=O)C/C=N/OCc1ccccc1. The van der Waals surface area contributed by atoms with Gasteiger partial charge in [-0.15, -0.1) is 0 Å². The maximum absolute atomic E-state index is 10.9. The van der Waals surface area contributed by atoms with Gasteiger partial charge in [-0.2, -0.15) is 0 Å². The summed E-state index contributed by atoms with van der Waals surface area (Å²) in [5, 5.41) is 3.66. The molecule has 4 nitrogen and oxygen atoms in total. The number of carbonyl (C=O) groups excluding carboxylic acids is 1. The molecule has 0 unspecified atom stereocenters. The van der Waals surface area contributed by atoms with E-state index < -0.39 is 0 Å². The maximum Gasteiger partial charge on any atom is 0.311 e. The largest absolute Gasteiger partial charge is 0.466 e. The lowest BCUT2D eigenvalue weighted by Crippen LogP contribution is -2.03. The molecule has 0 spiro atoms. The number of benzene rings is 1. The zero-order valence-electron chi connectivity index (χ0n) is 9.26. The van der Waals surface area contributed by atoms with Crippen LogP contribution in [0.25, 0.3) is 0 Å². The van der Waals surface area contributed by atoms with E-state index in [1.54, 1.807) is 6.92 Å². The van der Waals surface area contributed by atoms with Crippen LogP contribution in [0.2, 0.25) is 0 Å². The van der Waals surface area contributed by atoms with Gasteiger partial charge in [-0.1, -0.05) is 35.5 Å². The topological polar surface area (TPSA) is 47.9 Å². The second-order valence-corrected chi connectivity index (χ2v) is 3.06. The first-order chi connectivity index (χ1) is 7.83. The van der Waals surface area contributed by atoms with Gasteiger partial charge in [0.1, 0.15) is 6.61 Å². The molecule has 0 aliphatic rings. The van der Waals surface area contributed by atoms with E-state index >= 15 is 0 Å². The summed E-state index contributed by atoms with van der Waals surface area (Å²) >= 11 is 0. The monoisotopic (exact) mass is 221 g/mol. The van der Waals surface area contributed by atoms with E-state index in [0.717, 1.165) is 5.56 Å². The summed E-state index contributed by atoms with van der Waals surface area (Å²) in [5.74, 6) is -0.297. The van der Waals surface area contributed by atoms with Crippen molar-refractivity contribution in [2.24, 2.45) is 5.16 Å². The predicted octanol–water partition coefficient (Wildman–Crippen LogP) is 2.14. The Labute approximate surface area is 94.9 Å². The van der Waals surface area contributed by atoms with Crippen LogP contribution in [0.1, 0.15) is 18.9 Å². The van der Waals surface area contributed by atoms with Crippen LogP contribution in [-0.4, -0.2) is 18.8 Å². The van der Waals surface area contributed by atoms with E-state index in [0.29, 0.717) is 13.2 Å². The van der Waals surface area contributed by atoms with Gasteiger partial charge in [-0.05, 0) is 12.5 Å². The Hall–Kier alpha value is -1.84. The molecule has 0 amide bonds. The lowest BCUT2D eigenvalue weighted by atomic mass is 10.2. The molecule has 0 aliphatic carbocycles. The summed E-state index contributed by atoms with van der Waals surface area (Å²) in [6.07, 6.45) is 1.55. The highest BCUT2D eigenvalue weighted by Gasteiger charge is 1.96. The van der Waals surface area contributed by atoms with Crippen molar-refractivity contribution in [3.63, 3.8) is 0 Å². The lowest BCUT2D eigenvalue weighted by molar-refractivity contribution is -0.141. The van der Waals surface area contributed by atoms with Crippen LogP contribution < -0.4 is 0 Å². The van der Waals surface area contributed by atoms with Crippen LogP contribution in [0.15, 0.2) is 35.5 Å². The number of hydrogen-bond acceptors (Lipinski definition) is 4. The van der Waals surface area contributed by atoms with Gasteiger partial charge in [-0.25, -0.2) is 0 Å². The molecule has 0 bridgehead atoms. The summed E-state index contributed by atoms with van der Waals surface area (Å²) in [6, 6.07) is 9.69. The molecule has 4 heteroatoms. The van der Waals surface area contributed by atoms with E-state index in [2.05, 4.69) is 5.16 Å². The third kappa shape index (κ3) is 5.14. The Balaban J connectivity index is 2.16. The summed E-state index contributed by atoms with van der Waals surface area (Å²) < 4.78 is 4.72. The first kappa shape index (κ1) is 12.2.